The Bertz CT molecular complexity index is 818. The molecule has 2 aromatic rings. The van der Waals surface area contributed by atoms with E-state index in [4.69, 9.17) is 0 Å². The average Bonchev–Trinajstić information content (AvgIpc) is 2.67. The smallest absolute Gasteiger partial charge is 0.223 e. The Balaban J connectivity index is 2.13. The highest BCUT2D eigenvalue weighted by Gasteiger charge is 2.22. The van der Waals surface area contributed by atoms with Gasteiger partial charge in [0.1, 0.15) is 5.82 Å². The fourth-order valence-electron chi connectivity index (χ4n) is 3.35. The standard InChI is InChI=1S/C24H31FN2O2/c1-16(2)21-7-6-8-22(17(3)4)24(21)27(18(5)28)14-13-23(29)26-15-19-9-11-20(25)12-10-19/h6-12,16-17H,13-15H2,1-5H3,(H,26,29). The van der Waals surface area contributed by atoms with Crippen molar-refractivity contribution in [1.82, 2.24) is 5.32 Å². The number of carbonyl (C=O) groups excluding carboxylic acids is 2. The van der Waals surface area contributed by atoms with Gasteiger partial charge in [-0.05, 0) is 40.7 Å². The lowest BCUT2D eigenvalue weighted by molar-refractivity contribution is -0.121. The van der Waals surface area contributed by atoms with Crippen molar-refractivity contribution in [3.63, 3.8) is 0 Å². The van der Waals surface area contributed by atoms with Gasteiger partial charge in [-0.1, -0.05) is 58.0 Å². The van der Waals surface area contributed by atoms with Crippen molar-refractivity contribution in [2.45, 2.75) is 59.4 Å². The van der Waals surface area contributed by atoms with Crippen molar-refractivity contribution in [2.75, 3.05) is 11.4 Å². The van der Waals surface area contributed by atoms with Gasteiger partial charge in [0.05, 0.1) is 5.69 Å². The molecule has 0 unspecified atom stereocenters. The quantitative estimate of drug-likeness (QED) is 0.670. The number of hydrogen-bond acceptors (Lipinski definition) is 2. The van der Waals surface area contributed by atoms with E-state index in [-0.39, 0.29) is 35.9 Å². The minimum absolute atomic E-state index is 0.0775. The van der Waals surface area contributed by atoms with Crippen LogP contribution >= 0.6 is 0 Å². The van der Waals surface area contributed by atoms with Crippen molar-refractivity contribution in [3.05, 3.63) is 65.0 Å². The first-order chi connectivity index (χ1) is 13.7. The number of hydrogen-bond donors (Lipinski definition) is 1. The molecule has 2 aromatic carbocycles. The summed E-state index contributed by atoms with van der Waals surface area (Å²) in [5, 5.41) is 2.84. The van der Waals surface area contributed by atoms with Crippen LogP contribution in [0.1, 0.15) is 69.6 Å². The van der Waals surface area contributed by atoms with Crippen LogP contribution in [0.4, 0.5) is 10.1 Å². The lowest BCUT2D eigenvalue weighted by Crippen LogP contribution is -2.35. The van der Waals surface area contributed by atoms with Crippen molar-refractivity contribution >= 4 is 17.5 Å². The third kappa shape index (κ3) is 6.14. The molecule has 1 N–H and O–H groups in total. The molecule has 29 heavy (non-hydrogen) atoms. The molecule has 156 valence electrons. The highest BCUT2D eigenvalue weighted by molar-refractivity contribution is 5.94. The van der Waals surface area contributed by atoms with Crippen molar-refractivity contribution in [1.29, 1.82) is 0 Å². The summed E-state index contributed by atoms with van der Waals surface area (Å²) in [5.41, 5.74) is 3.97. The van der Waals surface area contributed by atoms with Crippen molar-refractivity contribution < 1.29 is 14.0 Å². The van der Waals surface area contributed by atoms with E-state index >= 15 is 0 Å². The van der Waals surface area contributed by atoms with Crippen molar-refractivity contribution in [2.24, 2.45) is 0 Å². The van der Waals surface area contributed by atoms with Gasteiger partial charge in [0.2, 0.25) is 11.8 Å². The predicted molar refractivity (Wildman–Crippen MR) is 116 cm³/mol. The van der Waals surface area contributed by atoms with Crippen LogP contribution in [0.3, 0.4) is 0 Å². The summed E-state index contributed by atoms with van der Waals surface area (Å²) in [6.07, 6.45) is 0.199. The van der Waals surface area contributed by atoms with Gasteiger partial charge in [-0.15, -0.1) is 0 Å². The van der Waals surface area contributed by atoms with Crippen LogP contribution in [0.15, 0.2) is 42.5 Å². The fourth-order valence-corrected chi connectivity index (χ4v) is 3.35. The van der Waals surface area contributed by atoms with Crippen LogP contribution < -0.4 is 10.2 Å². The molecular weight excluding hydrogens is 367 g/mol. The number of amides is 2. The second-order valence-electron chi connectivity index (χ2n) is 7.92. The van der Waals surface area contributed by atoms with Crippen LogP contribution in [-0.4, -0.2) is 18.4 Å². The molecule has 0 radical (unpaired) electrons. The summed E-state index contributed by atoms with van der Waals surface area (Å²) in [6.45, 7) is 10.6. The summed E-state index contributed by atoms with van der Waals surface area (Å²) >= 11 is 0. The number of halogens is 1. The number of carbonyl (C=O) groups is 2. The minimum atomic E-state index is -0.304. The first-order valence-corrected chi connectivity index (χ1v) is 10.1. The molecular formula is C24H31FN2O2. The first-order valence-electron chi connectivity index (χ1n) is 10.1. The molecule has 0 aliphatic carbocycles. The zero-order valence-electron chi connectivity index (χ0n) is 18.0. The predicted octanol–water partition coefficient (Wildman–Crippen LogP) is 5.13. The third-order valence-electron chi connectivity index (χ3n) is 4.96. The molecule has 5 heteroatoms. The summed E-state index contributed by atoms with van der Waals surface area (Å²) < 4.78 is 13.0. The minimum Gasteiger partial charge on any atom is -0.352 e. The van der Waals surface area contributed by atoms with E-state index in [0.29, 0.717) is 13.1 Å². The Morgan fingerprint density at radius 1 is 0.966 bits per heavy atom. The summed E-state index contributed by atoms with van der Waals surface area (Å²) in [6, 6.07) is 12.2. The van der Waals surface area contributed by atoms with Crippen LogP contribution in [0.2, 0.25) is 0 Å². The number of benzene rings is 2. The Kier molecular flexibility index (Phi) is 7.94. The highest BCUT2D eigenvalue weighted by Crippen LogP contribution is 2.35. The lowest BCUT2D eigenvalue weighted by atomic mass is 9.91. The van der Waals surface area contributed by atoms with Gasteiger partial charge in [-0.25, -0.2) is 4.39 Å². The maximum Gasteiger partial charge on any atom is 0.223 e. The van der Waals surface area contributed by atoms with Gasteiger partial charge in [-0.3, -0.25) is 9.59 Å². The summed E-state index contributed by atoms with van der Waals surface area (Å²) in [5.74, 6) is -0.00214. The maximum atomic E-state index is 13.0. The molecule has 0 saturated heterocycles. The van der Waals surface area contributed by atoms with Crippen LogP contribution in [0, 0.1) is 5.82 Å². The van der Waals surface area contributed by atoms with E-state index in [1.54, 1.807) is 17.0 Å². The Labute approximate surface area is 173 Å². The van der Waals surface area contributed by atoms with E-state index in [2.05, 4.69) is 45.1 Å². The van der Waals surface area contributed by atoms with Crippen LogP contribution in [0.5, 0.6) is 0 Å². The largest absolute Gasteiger partial charge is 0.352 e. The normalized spacial score (nSPS) is 11.0. The fraction of sp³-hybridized carbons (Fsp3) is 0.417. The van der Waals surface area contributed by atoms with E-state index < -0.39 is 0 Å². The molecule has 4 nitrogen and oxygen atoms in total. The molecule has 0 aliphatic rings. The van der Waals surface area contributed by atoms with Gasteiger partial charge in [0, 0.05) is 26.4 Å². The zero-order valence-corrected chi connectivity index (χ0v) is 18.0. The number of rotatable bonds is 8. The average molecular weight is 399 g/mol. The lowest BCUT2D eigenvalue weighted by Gasteiger charge is -2.29. The van der Waals surface area contributed by atoms with Gasteiger partial charge >= 0.3 is 0 Å². The molecule has 0 spiro atoms. The molecule has 0 atom stereocenters. The Hall–Kier alpha value is -2.69. The topological polar surface area (TPSA) is 49.4 Å². The molecule has 0 aromatic heterocycles. The van der Waals surface area contributed by atoms with Crippen molar-refractivity contribution in [3.8, 4) is 0 Å². The highest BCUT2D eigenvalue weighted by atomic mass is 19.1. The molecule has 0 bridgehead atoms. The monoisotopic (exact) mass is 398 g/mol. The van der Waals surface area contributed by atoms with E-state index in [1.165, 1.54) is 19.1 Å². The summed E-state index contributed by atoms with van der Waals surface area (Å²) in [7, 11) is 0. The number of nitrogens with zero attached hydrogens (tertiary/aromatic N) is 1. The molecule has 2 rings (SSSR count). The first kappa shape index (κ1) is 22.6. The number of nitrogens with one attached hydrogen (secondary N) is 1. The molecule has 0 aliphatic heterocycles. The number of para-hydroxylation sites is 1. The van der Waals surface area contributed by atoms with Gasteiger partial charge < -0.3 is 10.2 Å². The van der Waals surface area contributed by atoms with E-state index in [9.17, 15) is 14.0 Å². The Morgan fingerprint density at radius 2 is 1.52 bits per heavy atom. The Morgan fingerprint density at radius 3 is 2.00 bits per heavy atom. The van der Waals surface area contributed by atoms with Crippen LogP contribution in [-0.2, 0) is 16.1 Å². The maximum absolute atomic E-state index is 13.0. The van der Waals surface area contributed by atoms with E-state index in [0.717, 1.165) is 22.4 Å². The third-order valence-corrected chi connectivity index (χ3v) is 4.96. The second-order valence-corrected chi connectivity index (χ2v) is 7.92. The number of anilines is 1. The molecule has 0 saturated carbocycles. The molecule has 2 amide bonds. The molecule has 0 fully saturated rings. The summed E-state index contributed by atoms with van der Waals surface area (Å²) in [4.78, 5) is 26.6. The van der Waals surface area contributed by atoms with Gasteiger partial charge in [0.15, 0.2) is 0 Å². The van der Waals surface area contributed by atoms with Gasteiger partial charge in [-0.2, -0.15) is 0 Å². The van der Waals surface area contributed by atoms with Crippen LogP contribution in [0.25, 0.3) is 0 Å². The SMILES string of the molecule is CC(=O)N(CCC(=O)NCc1ccc(F)cc1)c1c(C(C)C)cccc1C(C)C. The molecule has 0 heterocycles. The van der Waals surface area contributed by atoms with E-state index in [1.807, 2.05) is 6.07 Å². The van der Waals surface area contributed by atoms with Gasteiger partial charge in [0.25, 0.3) is 0 Å². The zero-order chi connectivity index (χ0) is 21.6. The second kappa shape index (κ2) is 10.2.